The Bertz CT molecular complexity index is 1340. The van der Waals surface area contributed by atoms with Crippen LogP contribution in [0.15, 0.2) is 81.6 Å². The fraction of sp³-hybridized carbons (Fsp3) is 0.0417. The zero-order valence-electron chi connectivity index (χ0n) is 16.9. The van der Waals surface area contributed by atoms with Gasteiger partial charge in [0, 0.05) is 34.4 Å². The van der Waals surface area contributed by atoms with Crippen molar-refractivity contribution in [3.8, 4) is 22.6 Å². The molecule has 33 heavy (non-hydrogen) atoms. The second-order valence-electron chi connectivity index (χ2n) is 6.84. The third-order valence-electron chi connectivity index (χ3n) is 4.59. The molecule has 0 fully saturated rings. The third kappa shape index (κ3) is 5.52. The molecule has 2 heterocycles. The molecule has 4 aromatic rings. The van der Waals surface area contributed by atoms with Gasteiger partial charge in [0.2, 0.25) is 0 Å². The first-order valence-corrected chi connectivity index (χ1v) is 10.4. The minimum Gasteiger partial charge on any atom is -0.457 e. The molecule has 0 aliphatic rings. The van der Waals surface area contributed by atoms with Crippen LogP contribution in [0.2, 0.25) is 10.0 Å². The monoisotopic (exact) mass is 483 g/mol. The van der Waals surface area contributed by atoms with Gasteiger partial charge in [0.05, 0.1) is 9.95 Å². The van der Waals surface area contributed by atoms with Crippen LogP contribution in [0.4, 0.5) is 5.69 Å². The number of ether oxygens (including phenoxy) is 1. The van der Waals surface area contributed by atoms with Gasteiger partial charge in [-0.15, -0.1) is 0 Å². The topological polar surface area (TPSA) is 95.7 Å². The Hall–Kier alpha value is -3.81. The molecule has 0 aliphatic heterocycles. The van der Waals surface area contributed by atoms with E-state index in [9.17, 15) is 14.9 Å². The molecule has 0 saturated carbocycles. The molecule has 0 atom stereocenters. The van der Waals surface area contributed by atoms with Crippen molar-refractivity contribution in [3.05, 3.63) is 104 Å². The predicted octanol–water partition coefficient (Wildman–Crippen LogP) is 7.18. The van der Waals surface area contributed by atoms with Crippen LogP contribution < -0.4 is 0 Å². The van der Waals surface area contributed by atoms with Crippen LogP contribution in [0, 0.1) is 10.1 Å². The number of non-ortho nitro benzene ring substituents is 1. The van der Waals surface area contributed by atoms with Crippen molar-refractivity contribution >= 4 is 40.9 Å². The summed E-state index contributed by atoms with van der Waals surface area (Å²) in [6, 6.07) is 17.8. The fourth-order valence-corrected chi connectivity index (χ4v) is 3.48. The van der Waals surface area contributed by atoms with E-state index in [4.69, 9.17) is 36.8 Å². The van der Waals surface area contributed by atoms with Gasteiger partial charge >= 0.3 is 5.97 Å². The summed E-state index contributed by atoms with van der Waals surface area (Å²) in [5, 5.41) is 11.7. The Morgan fingerprint density at radius 3 is 2.45 bits per heavy atom. The van der Waals surface area contributed by atoms with E-state index in [0.29, 0.717) is 44.2 Å². The van der Waals surface area contributed by atoms with Gasteiger partial charge in [-0.2, -0.15) is 0 Å². The number of hydrogen-bond acceptors (Lipinski definition) is 6. The number of benzene rings is 2. The molecule has 9 heteroatoms. The van der Waals surface area contributed by atoms with Crippen molar-refractivity contribution in [2.45, 2.75) is 6.61 Å². The van der Waals surface area contributed by atoms with Crippen molar-refractivity contribution in [2.75, 3.05) is 0 Å². The van der Waals surface area contributed by atoms with Gasteiger partial charge in [0.15, 0.2) is 0 Å². The van der Waals surface area contributed by atoms with Gasteiger partial charge in [-0.1, -0.05) is 23.2 Å². The van der Waals surface area contributed by atoms with E-state index in [2.05, 4.69) is 0 Å². The summed E-state index contributed by atoms with van der Waals surface area (Å²) in [6.07, 6.45) is 2.73. The number of carbonyl (C=O) groups is 1. The van der Waals surface area contributed by atoms with Gasteiger partial charge in [-0.25, -0.2) is 4.79 Å². The Kier molecular flexibility index (Phi) is 6.63. The summed E-state index contributed by atoms with van der Waals surface area (Å²) >= 11 is 12.1. The highest BCUT2D eigenvalue weighted by Gasteiger charge is 2.11. The van der Waals surface area contributed by atoms with Crippen LogP contribution >= 0.6 is 23.2 Å². The highest BCUT2D eigenvalue weighted by Crippen LogP contribution is 2.32. The maximum absolute atomic E-state index is 12.0. The predicted molar refractivity (Wildman–Crippen MR) is 124 cm³/mol. The molecular weight excluding hydrogens is 469 g/mol. The van der Waals surface area contributed by atoms with E-state index in [0.717, 1.165) is 0 Å². The molecule has 0 spiro atoms. The van der Waals surface area contributed by atoms with Gasteiger partial charge in [0.1, 0.15) is 29.6 Å². The first kappa shape index (κ1) is 22.4. The van der Waals surface area contributed by atoms with E-state index < -0.39 is 10.9 Å². The number of esters is 1. The molecular formula is C24H15Cl2NO6. The minimum atomic E-state index is -0.578. The Labute approximate surface area is 197 Å². The van der Waals surface area contributed by atoms with Crippen molar-refractivity contribution in [1.82, 2.24) is 0 Å². The summed E-state index contributed by atoms with van der Waals surface area (Å²) in [5.74, 6) is 1.36. The second-order valence-corrected chi connectivity index (χ2v) is 7.68. The zero-order chi connectivity index (χ0) is 23.4. The van der Waals surface area contributed by atoms with E-state index in [1.807, 2.05) is 0 Å². The first-order valence-electron chi connectivity index (χ1n) is 9.63. The third-order valence-corrected chi connectivity index (χ3v) is 5.14. The van der Waals surface area contributed by atoms with E-state index in [1.165, 1.54) is 24.3 Å². The van der Waals surface area contributed by atoms with Gasteiger partial charge in [-0.05, 0) is 60.7 Å². The summed E-state index contributed by atoms with van der Waals surface area (Å²) in [4.78, 5) is 22.3. The number of nitrogens with zero attached hydrogens (tertiary/aromatic N) is 1. The molecule has 0 amide bonds. The summed E-state index contributed by atoms with van der Waals surface area (Å²) in [5.41, 5.74) is 1.35. The highest BCUT2D eigenvalue weighted by molar-refractivity contribution is 6.36. The van der Waals surface area contributed by atoms with Crippen molar-refractivity contribution in [1.29, 1.82) is 0 Å². The summed E-state index contributed by atoms with van der Waals surface area (Å²) < 4.78 is 16.5. The Balaban J connectivity index is 1.33. The smallest absolute Gasteiger partial charge is 0.331 e. The number of rotatable bonds is 7. The number of furan rings is 2. The maximum Gasteiger partial charge on any atom is 0.331 e. The van der Waals surface area contributed by atoms with Crippen molar-refractivity contribution in [3.63, 3.8) is 0 Å². The molecule has 0 N–H and O–H groups in total. The summed E-state index contributed by atoms with van der Waals surface area (Å²) in [7, 11) is 0. The van der Waals surface area contributed by atoms with Crippen molar-refractivity contribution < 1.29 is 23.3 Å². The van der Waals surface area contributed by atoms with Crippen LogP contribution in [0.1, 0.15) is 11.5 Å². The molecule has 0 radical (unpaired) electrons. The molecule has 2 aromatic heterocycles. The lowest BCUT2D eigenvalue weighted by Gasteiger charge is -2.01. The maximum atomic E-state index is 12.0. The normalized spacial score (nSPS) is 11.1. The highest BCUT2D eigenvalue weighted by atomic mass is 35.5. The largest absolute Gasteiger partial charge is 0.457 e. The average Bonchev–Trinajstić information content (AvgIpc) is 3.46. The molecule has 0 unspecified atom stereocenters. The van der Waals surface area contributed by atoms with Crippen LogP contribution in [-0.2, 0) is 16.1 Å². The molecule has 4 rings (SSSR count). The van der Waals surface area contributed by atoms with Crippen LogP contribution in [0.25, 0.3) is 28.7 Å². The molecule has 166 valence electrons. The van der Waals surface area contributed by atoms with Crippen LogP contribution in [-0.4, -0.2) is 10.9 Å². The lowest BCUT2D eigenvalue weighted by molar-refractivity contribution is -0.384. The lowest BCUT2D eigenvalue weighted by Crippen LogP contribution is -1.99. The van der Waals surface area contributed by atoms with Crippen LogP contribution in [0.5, 0.6) is 0 Å². The van der Waals surface area contributed by atoms with Gasteiger partial charge in [-0.3, -0.25) is 10.1 Å². The molecule has 0 aliphatic carbocycles. The van der Waals surface area contributed by atoms with Gasteiger partial charge < -0.3 is 13.6 Å². The molecule has 7 nitrogen and oxygen atoms in total. The first-order chi connectivity index (χ1) is 15.9. The van der Waals surface area contributed by atoms with Gasteiger partial charge in [0.25, 0.3) is 5.69 Å². The number of nitro benzene ring substituents is 1. The quantitative estimate of drug-likeness (QED) is 0.119. The van der Waals surface area contributed by atoms with Crippen molar-refractivity contribution in [2.24, 2.45) is 0 Å². The van der Waals surface area contributed by atoms with Crippen LogP contribution in [0.3, 0.4) is 0 Å². The molecule has 0 bridgehead atoms. The number of hydrogen-bond donors (Lipinski definition) is 0. The number of nitro groups is 1. The molecule has 2 aromatic carbocycles. The fourth-order valence-electron chi connectivity index (χ4n) is 2.98. The minimum absolute atomic E-state index is 0.00816. The standard InChI is InChI=1S/C24H15Cl2NO6/c25-16-3-9-20(21(26)13-16)23-11-6-18(32-23)8-12-24(28)31-14-19-7-10-22(33-19)15-1-4-17(5-2-15)27(29)30/h1-13H,14H2. The number of halogens is 2. The number of carbonyl (C=O) groups excluding carboxylic acids is 1. The SMILES string of the molecule is O=C(C=Cc1ccc(-c2ccc(Cl)cc2Cl)o1)OCc1ccc(-c2ccc([N+](=O)[O-])cc2)o1. The second kappa shape index (κ2) is 9.77. The van der Waals surface area contributed by atoms with E-state index in [-0.39, 0.29) is 12.3 Å². The summed E-state index contributed by atoms with van der Waals surface area (Å²) in [6.45, 7) is -0.0695. The van der Waals surface area contributed by atoms with E-state index >= 15 is 0 Å². The Morgan fingerprint density at radius 2 is 1.73 bits per heavy atom. The molecule has 0 saturated heterocycles. The average molecular weight is 484 g/mol. The van der Waals surface area contributed by atoms with E-state index in [1.54, 1.807) is 54.6 Å². The Morgan fingerprint density at radius 1 is 0.970 bits per heavy atom. The lowest BCUT2D eigenvalue weighted by atomic mass is 10.1. The zero-order valence-corrected chi connectivity index (χ0v) is 18.4.